The van der Waals surface area contributed by atoms with Crippen molar-refractivity contribution >= 4 is 5.91 Å². The number of benzene rings is 1. The van der Waals surface area contributed by atoms with E-state index in [-0.39, 0.29) is 23.3 Å². The van der Waals surface area contributed by atoms with Crippen molar-refractivity contribution in [3.05, 3.63) is 29.3 Å². The molecule has 1 heterocycles. The van der Waals surface area contributed by atoms with E-state index < -0.39 is 6.10 Å². The second-order valence-electron chi connectivity index (χ2n) is 9.96. The van der Waals surface area contributed by atoms with Crippen LogP contribution in [0.1, 0.15) is 72.4 Å². The van der Waals surface area contributed by atoms with Crippen molar-refractivity contribution in [2.24, 2.45) is 0 Å². The molecule has 170 valence electrons. The molecule has 1 aromatic rings. The number of nitrogens with zero attached hydrogens (tertiary/aromatic N) is 2. The molecule has 5 heteroatoms. The number of carbonyl (C=O) groups is 1. The minimum absolute atomic E-state index is 0.00311. The lowest BCUT2D eigenvalue weighted by Gasteiger charge is -2.35. The highest BCUT2D eigenvalue weighted by Gasteiger charge is 2.27. The molecule has 1 aliphatic rings. The van der Waals surface area contributed by atoms with E-state index in [0.29, 0.717) is 6.54 Å². The number of β-amino-alcohol motifs (C(OH)–C–C–N with tert-alkyl or cyclic N) is 1. The summed E-state index contributed by atoms with van der Waals surface area (Å²) in [4.78, 5) is 15.5. The van der Waals surface area contributed by atoms with Crippen LogP contribution in [0.2, 0.25) is 0 Å². The van der Waals surface area contributed by atoms with E-state index in [1.54, 1.807) is 6.92 Å². The van der Waals surface area contributed by atoms with Crippen molar-refractivity contribution in [2.45, 2.75) is 78.2 Å². The zero-order chi connectivity index (χ0) is 22.5. The van der Waals surface area contributed by atoms with E-state index >= 15 is 0 Å². The van der Waals surface area contributed by atoms with E-state index in [0.717, 1.165) is 44.8 Å². The number of aliphatic hydroxyl groups excluding tert-OH is 1. The number of amides is 1. The minimum atomic E-state index is -0.557. The van der Waals surface area contributed by atoms with Gasteiger partial charge in [0.2, 0.25) is 5.91 Å². The summed E-state index contributed by atoms with van der Waals surface area (Å²) in [5, 5.41) is 10.6. The van der Waals surface area contributed by atoms with Crippen molar-refractivity contribution in [2.75, 3.05) is 39.3 Å². The average molecular weight is 419 g/mol. The third kappa shape index (κ3) is 6.21. The van der Waals surface area contributed by atoms with Gasteiger partial charge in [0.05, 0.1) is 0 Å². The van der Waals surface area contributed by atoms with Gasteiger partial charge in [-0.05, 0) is 35.3 Å². The summed E-state index contributed by atoms with van der Waals surface area (Å²) in [6.45, 7) is 19.0. The Morgan fingerprint density at radius 3 is 2.20 bits per heavy atom. The summed E-state index contributed by atoms with van der Waals surface area (Å²) in [6.07, 6.45) is 1.54. The largest absolute Gasteiger partial charge is 0.491 e. The molecule has 1 fully saturated rings. The second kappa shape index (κ2) is 10.1. The van der Waals surface area contributed by atoms with Crippen molar-refractivity contribution in [1.82, 2.24) is 9.80 Å². The van der Waals surface area contributed by atoms with Crippen LogP contribution in [0.15, 0.2) is 18.2 Å². The molecule has 1 aromatic carbocycles. The molecule has 5 nitrogen and oxygen atoms in total. The molecule has 0 aromatic heterocycles. The molecule has 0 spiro atoms. The number of ether oxygens (including phenoxy) is 1. The van der Waals surface area contributed by atoms with Gasteiger partial charge in [-0.1, -0.05) is 53.7 Å². The number of carbonyl (C=O) groups excluding carboxylic acids is 1. The molecule has 30 heavy (non-hydrogen) atoms. The SMILES string of the molecule is CCC(C)(C)c1ccc(OCC(O)CN2CCN(C(C)=O)CC2)c(C(C)(C)CC)c1. The number of hydrogen-bond donors (Lipinski definition) is 1. The first kappa shape index (κ1) is 24.7. The van der Waals surface area contributed by atoms with E-state index in [1.807, 2.05) is 4.90 Å². The van der Waals surface area contributed by atoms with Gasteiger partial charge in [-0.3, -0.25) is 9.69 Å². The van der Waals surface area contributed by atoms with Crippen molar-refractivity contribution in [3.63, 3.8) is 0 Å². The predicted molar refractivity (Wildman–Crippen MR) is 123 cm³/mol. The standard InChI is InChI=1S/C25H42N2O3/c1-8-24(4,5)20-10-11-23(22(16-20)25(6,7)9-2)30-18-21(29)17-26-12-14-27(15-13-26)19(3)28/h10-11,16,21,29H,8-9,12-15,17-18H2,1-7H3. The van der Waals surface area contributed by atoms with E-state index in [1.165, 1.54) is 11.1 Å². The first-order chi connectivity index (χ1) is 14.0. The Morgan fingerprint density at radius 1 is 1.07 bits per heavy atom. The van der Waals surface area contributed by atoms with Gasteiger partial charge in [0, 0.05) is 45.2 Å². The molecule has 1 aliphatic heterocycles. The van der Waals surface area contributed by atoms with Gasteiger partial charge in [0.1, 0.15) is 18.5 Å². The Labute approximate surface area is 183 Å². The van der Waals surface area contributed by atoms with Crippen LogP contribution in [0.25, 0.3) is 0 Å². The van der Waals surface area contributed by atoms with Crippen LogP contribution in [-0.2, 0) is 15.6 Å². The third-order valence-corrected chi connectivity index (χ3v) is 6.98. The minimum Gasteiger partial charge on any atom is -0.491 e. The smallest absolute Gasteiger partial charge is 0.219 e. The van der Waals surface area contributed by atoms with Gasteiger partial charge in [-0.25, -0.2) is 0 Å². The topological polar surface area (TPSA) is 53.0 Å². The molecule has 1 saturated heterocycles. The fourth-order valence-corrected chi connectivity index (χ4v) is 3.78. The average Bonchev–Trinajstić information content (AvgIpc) is 2.72. The van der Waals surface area contributed by atoms with Gasteiger partial charge in [-0.2, -0.15) is 0 Å². The van der Waals surface area contributed by atoms with E-state index in [4.69, 9.17) is 4.74 Å². The maximum absolute atomic E-state index is 11.5. The summed E-state index contributed by atoms with van der Waals surface area (Å²) in [7, 11) is 0. The third-order valence-electron chi connectivity index (χ3n) is 6.98. The molecule has 1 atom stereocenters. The zero-order valence-corrected chi connectivity index (χ0v) is 20.1. The molecular formula is C25H42N2O3. The molecule has 0 bridgehead atoms. The zero-order valence-electron chi connectivity index (χ0n) is 20.1. The van der Waals surface area contributed by atoms with Crippen LogP contribution >= 0.6 is 0 Å². The Hall–Kier alpha value is -1.59. The van der Waals surface area contributed by atoms with Crippen LogP contribution in [0, 0.1) is 0 Å². The summed E-state index contributed by atoms with van der Waals surface area (Å²) < 4.78 is 6.15. The maximum atomic E-state index is 11.5. The molecule has 0 saturated carbocycles. The maximum Gasteiger partial charge on any atom is 0.219 e. The summed E-state index contributed by atoms with van der Waals surface area (Å²) in [5.74, 6) is 0.997. The molecule has 0 radical (unpaired) electrons. The number of rotatable bonds is 9. The van der Waals surface area contributed by atoms with Crippen LogP contribution in [-0.4, -0.2) is 66.2 Å². The molecule has 2 rings (SSSR count). The molecule has 1 amide bonds. The lowest BCUT2D eigenvalue weighted by molar-refractivity contribution is -0.130. The number of aliphatic hydroxyl groups is 1. The highest BCUT2D eigenvalue weighted by atomic mass is 16.5. The fraction of sp³-hybridized carbons (Fsp3) is 0.720. The molecular weight excluding hydrogens is 376 g/mol. The monoisotopic (exact) mass is 418 g/mol. The quantitative estimate of drug-likeness (QED) is 0.659. The first-order valence-corrected chi connectivity index (χ1v) is 11.4. The second-order valence-corrected chi connectivity index (χ2v) is 9.96. The summed E-state index contributed by atoms with van der Waals surface area (Å²) in [5.41, 5.74) is 2.67. The van der Waals surface area contributed by atoms with Crippen molar-refractivity contribution in [1.29, 1.82) is 0 Å². The summed E-state index contributed by atoms with van der Waals surface area (Å²) in [6, 6.07) is 6.55. The van der Waals surface area contributed by atoms with Crippen LogP contribution in [0.5, 0.6) is 5.75 Å². The number of piperazine rings is 1. The van der Waals surface area contributed by atoms with Crippen LogP contribution in [0.3, 0.4) is 0 Å². The van der Waals surface area contributed by atoms with E-state index in [2.05, 4.69) is 64.6 Å². The highest BCUT2D eigenvalue weighted by molar-refractivity contribution is 5.73. The lowest BCUT2D eigenvalue weighted by Crippen LogP contribution is -2.50. The molecule has 0 aliphatic carbocycles. The Morgan fingerprint density at radius 2 is 1.67 bits per heavy atom. The highest BCUT2D eigenvalue weighted by Crippen LogP contribution is 2.38. The van der Waals surface area contributed by atoms with Crippen LogP contribution in [0.4, 0.5) is 0 Å². The summed E-state index contributed by atoms with van der Waals surface area (Å²) >= 11 is 0. The Kier molecular flexibility index (Phi) is 8.35. The van der Waals surface area contributed by atoms with Gasteiger partial charge in [-0.15, -0.1) is 0 Å². The predicted octanol–water partition coefficient (Wildman–Crippen LogP) is 3.97. The molecule has 1 unspecified atom stereocenters. The lowest BCUT2D eigenvalue weighted by atomic mass is 9.76. The van der Waals surface area contributed by atoms with Gasteiger partial charge < -0.3 is 14.7 Å². The van der Waals surface area contributed by atoms with E-state index in [9.17, 15) is 9.90 Å². The van der Waals surface area contributed by atoms with Gasteiger partial charge in [0.15, 0.2) is 0 Å². The van der Waals surface area contributed by atoms with Gasteiger partial charge in [0.25, 0.3) is 0 Å². The van der Waals surface area contributed by atoms with Crippen LogP contribution < -0.4 is 4.74 Å². The Bertz CT molecular complexity index is 706. The first-order valence-electron chi connectivity index (χ1n) is 11.4. The molecule has 1 N–H and O–H groups in total. The fourth-order valence-electron chi connectivity index (χ4n) is 3.78. The van der Waals surface area contributed by atoms with Gasteiger partial charge >= 0.3 is 0 Å². The normalized spacial score (nSPS) is 17.1. The number of hydrogen-bond acceptors (Lipinski definition) is 4. The van der Waals surface area contributed by atoms with Crippen molar-refractivity contribution < 1.29 is 14.6 Å². The Balaban J connectivity index is 2.04. The van der Waals surface area contributed by atoms with Crippen molar-refractivity contribution in [3.8, 4) is 5.75 Å².